The highest BCUT2D eigenvalue weighted by atomic mass is 79.9. The van der Waals surface area contributed by atoms with E-state index >= 15 is 0 Å². The van der Waals surface area contributed by atoms with Crippen LogP contribution in [0.4, 0.5) is 0 Å². The molecule has 9 rings (SSSR count). The summed E-state index contributed by atoms with van der Waals surface area (Å²) in [5, 5.41) is 2.62. The average Bonchev–Trinajstić information content (AvgIpc) is 3.60. The molecule has 40 heavy (non-hydrogen) atoms. The third kappa shape index (κ3) is 2.67. The van der Waals surface area contributed by atoms with E-state index in [1.807, 2.05) is 0 Å². The molecule has 1 nitrogen and oxygen atoms in total. The van der Waals surface area contributed by atoms with Crippen LogP contribution < -0.4 is 0 Å². The Hall–Kier alpha value is -4.40. The minimum atomic E-state index is -0.331. The Kier molecular flexibility index (Phi) is 4.52. The smallest absolute Gasteiger partial charge is 0.0726 e. The number of rotatable bonds is 2. The van der Waals surface area contributed by atoms with Gasteiger partial charge in [-0.3, -0.25) is 0 Å². The highest BCUT2D eigenvalue weighted by Gasteiger charge is 2.52. The van der Waals surface area contributed by atoms with Crippen molar-refractivity contribution in [2.24, 2.45) is 0 Å². The van der Waals surface area contributed by atoms with Crippen LogP contribution in [0.5, 0.6) is 0 Å². The van der Waals surface area contributed by atoms with Gasteiger partial charge in [-0.05, 0) is 56.6 Å². The number of halogens is 1. The first kappa shape index (κ1) is 22.4. The summed E-state index contributed by atoms with van der Waals surface area (Å²) in [5.74, 6) is 0. The number of hydrogen-bond donors (Lipinski definition) is 0. The molecule has 0 N–H and O–H groups in total. The lowest BCUT2D eigenvalue weighted by atomic mass is 9.70. The van der Waals surface area contributed by atoms with Crippen molar-refractivity contribution in [3.63, 3.8) is 0 Å². The first-order chi connectivity index (χ1) is 19.8. The highest BCUT2D eigenvalue weighted by molar-refractivity contribution is 9.10. The van der Waals surface area contributed by atoms with Crippen molar-refractivity contribution in [2.45, 2.75) is 12.0 Å². The van der Waals surface area contributed by atoms with Gasteiger partial charge in [0.25, 0.3) is 0 Å². The minimum absolute atomic E-state index is 0.331. The Bertz CT molecular complexity index is 2120. The fraction of sp³-hybridized carbons (Fsp3) is 0.0526. The van der Waals surface area contributed by atoms with Gasteiger partial charge >= 0.3 is 0 Å². The standard InChI is InChI=1S/C38H24BrN/c39-34-19-9-1-11-24(34)23-40-35-20-10-5-14-27(35)28-21-22-33-36(37(28)40)29-15-4-8-18-32(29)38(33)30-16-6-2-12-25(30)26-13-3-7-17-31(26)38/h1-22H,23H2. The SMILES string of the molecule is Brc1ccccc1Cn1c2ccccc2c2ccc3c(c21)-c1ccccc1C31c2ccccc2-c2ccccc21. The molecule has 1 spiro atoms. The lowest BCUT2D eigenvalue weighted by Crippen LogP contribution is -2.25. The summed E-state index contributed by atoms with van der Waals surface area (Å²) < 4.78 is 3.69. The maximum Gasteiger partial charge on any atom is 0.0726 e. The molecule has 7 aromatic rings. The maximum absolute atomic E-state index is 3.83. The number of para-hydroxylation sites is 1. The van der Waals surface area contributed by atoms with Gasteiger partial charge in [0.15, 0.2) is 0 Å². The lowest BCUT2D eigenvalue weighted by Gasteiger charge is -2.30. The number of nitrogens with zero attached hydrogens (tertiary/aromatic N) is 1. The molecule has 6 aromatic carbocycles. The van der Waals surface area contributed by atoms with Gasteiger partial charge in [-0.15, -0.1) is 0 Å². The van der Waals surface area contributed by atoms with Gasteiger partial charge in [0.2, 0.25) is 0 Å². The van der Waals surface area contributed by atoms with Gasteiger partial charge in [0, 0.05) is 32.9 Å². The summed E-state index contributed by atoms with van der Waals surface area (Å²) in [6.07, 6.45) is 0. The number of benzene rings is 6. The van der Waals surface area contributed by atoms with Crippen molar-refractivity contribution in [3.05, 3.63) is 166 Å². The van der Waals surface area contributed by atoms with Crippen molar-refractivity contribution < 1.29 is 0 Å². The second-order valence-corrected chi connectivity index (χ2v) is 11.8. The molecule has 0 bridgehead atoms. The summed E-state index contributed by atoms with van der Waals surface area (Å²) in [4.78, 5) is 0. The summed E-state index contributed by atoms with van der Waals surface area (Å²) in [5.41, 5.74) is 14.5. The van der Waals surface area contributed by atoms with Crippen LogP contribution in [0.1, 0.15) is 27.8 Å². The quantitative estimate of drug-likeness (QED) is 0.194. The van der Waals surface area contributed by atoms with Gasteiger partial charge in [0.1, 0.15) is 0 Å². The van der Waals surface area contributed by atoms with Gasteiger partial charge < -0.3 is 4.57 Å². The Labute approximate surface area is 241 Å². The van der Waals surface area contributed by atoms with Crippen LogP contribution >= 0.6 is 15.9 Å². The topological polar surface area (TPSA) is 4.93 Å². The number of fused-ring (bicyclic) bond motifs is 14. The molecular weight excluding hydrogens is 550 g/mol. The molecule has 0 aliphatic heterocycles. The van der Waals surface area contributed by atoms with Gasteiger partial charge in [-0.2, -0.15) is 0 Å². The zero-order valence-corrected chi connectivity index (χ0v) is 23.3. The third-order valence-electron chi connectivity index (χ3n) is 9.18. The predicted octanol–water partition coefficient (Wildman–Crippen LogP) is 9.95. The summed E-state index contributed by atoms with van der Waals surface area (Å²) in [7, 11) is 0. The predicted molar refractivity (Wildman–Crippen MR) is 169 cm³/mol. The van der Waals surface area contributed by atoms with Crippen molar-refractivity contribution in [3.8, 4) is 22.3 Å². The largest absolute Gasteiger partial charge is 0.335 e. The van der Waals surface area contributed by atoms with Gasteiger partial charge in [-0.1, -0.05) is 137 Å². The third-order valence-corrected chi connectivity index (χ3v) is 9.95. The van der Waals surface area contributed by atoms with Crippen molar-refractivity contribution in [1.29, 1.82) is 0 Å². The second-order valence-electron chi connectivity index (χ2n) is 11.0. The number of hydrogen-bond acceptors (Lipinski definition) is 0. The first-order valence-corrected chi connectivity index (χ1v) is 14.6. The Morgan fingerprint density at radius 1 is 0.500 bits per heavy atom. The molecule has 0 saturated heterocycles. The Balaban J connectivity index is 1.47. The fourth-order valence-electron chi connectivity index (χ4n) is 7.68. The van der Waals surface area contributed by atoms with E-state index in [0.717, 1.165) is 11.0 Å². The molecule has 0 atom stereocenters. The molecule has 0 amide bonds. The lowest BCUT2D eigenvalue weighted by molar-refractivity contribution is 0.793. The van der Waals surface area contributed by atoms with E-state index < -0.39 is 0 Å². The molecule has 0 fully saturated rings. The van der Waals surface area contributed by atoms with Crippen LogP contribution in [0.15, 0.2) is 138 Å². The minimum Gasteiger partial charge on any atom is -0.335 e. The van der Waals surface area contributed by atoms with Gasteiger partial charge in [0.05, 0.1) is 10.9 Å². The van der Waals surface area contributed by atoms with Crippen LogP contribution in [0.3, 0.4) is 0 Å². The first-order valence-electron chi connectivity index (χ1n) is 13.9. The fourth-order valence-corrected chi connectivity index (χ4v) is 8.09. The Morgan fingerprint density at radius 3 is 1.80 bits per heavy atom. The average molecular weight is 575 g/mol. The molecule has 0 unspecified atom stereocenters. The molecule has 2 aliphatic rings. The molecule has 0 saturated carbocycles. The molecule has 0 radical (unpaired) electrons. The number of aromatic nitrogens is 1. The van der Waals surface area contributed by atoms with E-state index in [1.165, 1.54) is 71.9 Å². The summed E-state index contributed by atoms with van der Waals surface area (Å²) in [6.45, 7) is 0.796. The van der Waals surface area contributed by atoms with E-state index in [0.29, 0.717) is 0 Å². The molecule has 188 valence electrons. The molecule has 1 heterocycles. The normalized spacial score (nSPS) is 13.9. The monoisotopic (exact) mass is 573 g/mol. The summed E-state index contributed by atoms with van der Waals surface area (Å²) in [6, 6.07) is 49.4. The molecule has 2 heteroatoms. The van der Waals surface area contributed by atoms with E-state index in [4.69, 9.17) is 0 Å². The van der Waals surface area contributed by atoms with Crippen molar-refractivity contribution >= 4 is 37.7 Å². The van der Waals surface area contributed by atoms with Crippen molar-refractivity contribution in [1.82, 2.24) is 4.57 Å². The zero-order chi connectivity index (χ0) is 26.4. The Morgan fingerprint density at radius 2 is 1.07 bits per heavy atom. The summed E-state index contributed by atoms with van der Waals surface area (Å²) >= 11 is 3.83. The van der Waals surface area contributed by atoms with Crippen LogP contribution in [0.2, 0.25) is 0 Å². The molecule has 2 aliphatic carbocycles. The van der Waals surface area contributed by atoms with Crippen LogP contribution in [0, 0.1) is 0 Å². The van der Waals surface area contributed by atoms with Gasteiger partial charge in [-0.25, -0.2) is 0 Å². The van der Waals surface area contributed by atoms with Crippen LogP contribution in [0.25, 0.3) is 44.1 Å². The van der Waals surface area contributed by atoms with E-state index in [1.54, 1.807) is 0 Å². The maximum atomic E-state index is 3.83. The zero-order valence-electron chi connectivity index (χ0n) is 21.7. The van der Waals surface area contributed by atoms with E-state index in [9.17, 15) is 0 Å². The van der Waals surface area contributed by atoms with E-state index in [-0.39, 0.29) is 5.41 Å². The van der Waals surface area contributed by atoms with Crippen LogP contribution in [-0.2, 0) is 12.0 Å². The van der Waals surface area contributed by atoms with E-state index in [2.05, 4.69) is 154 Å². The molecule has 1 aromatic heterocycles. The van der Waals surface area contributed by atoms with Crippen molar-refractivity contribution in [2.75, 3.05) is 0 Å². The molecular formula is C38H24BrN. The second kappa shape index (κ2) is 8.06. The van der Waals surface area contributed by atoms with Crippen LogP contribution in [-0.4, -0.2) is 4.57 Å². The highest BCUT2D eigenvalue weighted by Crippen LogP contribution is 2.63.